The van der Waals surface area contributed by atoms with Crippen LogP contribution in [0, 0.1) is 0 Å². The van der Waals surface area contributed by atoms with Crippen molar-refractivity contribution in [3.05, 3.63) is 16.6 Å². The van der Waals surface area contributed by atoms with Crippen molar-refractivity contribution in [2.75, 3.05) is 23.9 Å². The Balaban J connectivity index is 2.48. The fraction of sp³-hybridized carbons (Fsp3) is 0.643. The van der Waals surface area contributed by atoms with E-state index < -0.39 is 0 Å². The highest BCUT2D eigenvalue weighted by atomic mass is 32.2. The Morgan fingerprint density at radius 2 is 2.14 bits per heavy atom. The van der Waals surface area contributed by atoms with Gasteiger partial charge in [0.25, 0.3) is 5.56 Å². The quantitative estimate of drug-likeness (QED) is 0.827. The molecule has 7 heteroatoms. The van der Waals surface area contributed by atoms with Gasteiger partial charge in [-0.05, 0) is 31.8 Å². The van der Waals surface area contributed by atoms with Gasteiger partial charge in [0.15, 0.2) is 0 Å². The van der Waals surface area contributed by atoms with Crippen molar-refractivity contribution >= 4 is 28.7 Å². The van der Waals surface area contributed by atoms with E-state index in [1.54, 1.807) is 22.5 Å². The van der Waals surface area contributed by atoms with E-state index in [1.165, 1.54) is 0 Å². The summed E-state index contributed by atoms with van der Waals surface area (Å²) in [4.78, 5) is 17.1. The van der Waals surface area contributed by atoms with Crippen molar-refractivity contribution in [2.45, 2.75) is 32.7 Å². The Morgan fingerprint density at radius 1 is 1.43 bits per heavy atom. The van der Waals surface area contributed by atoms with Crippen LogP contribution < -0.4 is 10.9 Å². The Labute approximate surface area is 128 Å². The van der Waals surface area contributed by atoms with Crippen molar-refractivity contribution < 1.29 is 0 Å². The predicted octanol–water partition coefficient (Wildman–Crippen LogP) is 2.05. The van der Waals surface area contributed by atoms with Gasteiger partial charge in [-0.25, -0.2) is 9.67 Å². The summed E-state index contributed by atoms with van der Waals surface area (Å²) >= 11 is 1.88. The summed E-state index contributed by atoms with van der Waals surface area (Å²) in [5.74, 6) is 2.77. The minimum atomic E-state index is -0.308. The molecule has 0 saturated carbocycles. The number of thioether (sulfide) groups is 1. The Bertz CT molecular complexity index is 688. The lowest BCUT2D eigenvalue weighted by atomic mass is 10.0. The van der Waals surface area contributed by atoms with Gasteiger partial charge in [0.05, 0.1) is 11.7 Å². The molecule has 0 aliphatic carbocycles. The molecule has 0 spiro atoms. The van der Waals surface area contributed by atoms with Crippen LogP contribution >= 0.6 is 11.8 Å². The zero-order chi connectivity index (χ0) is 15.6. The van der Waals surface area contributed by atoms with Crippen molar-refractivity contribution in [3.63, 3.8) is 0 Å². The highest BCUT2D eigenvalue weighted by molar-refractivity contribution is 7.99. The largest absolute Gasteiger partial charge is 0.359 e. The van der Waals surface area contributed by atoms with Crippen molar-refractivity contribution in [1.82, 2.24) is 19.3 Å². The summed E-state index contributed by atoms with van der Waals surface area (Å²) in [6, 6.07) is 0. The van der Waals surface area contributed by atoms with E-state index in [9.17, 15) is 4.79 Å². The minimum absolute atomic E-state index is 0.0875. The molecule has 0 fully saturated rings. The summed E-state index contributed by atoms with van der Waals surface area (Å²) in [7, 11) is 3.63. The van der Waals surface area contributed by atoms with Gasteiger partial charge in [-0.2, -0.15) is 16.9 Å². The average molecular weight is 309 g/mol. The topological polar surface area (TPSA) is 64.7 Å². The summed E-state index contributed by atoms with van der Waals surface area (Å²) < 4.78 is 3.37. The molecule has 1 N–H and O–H groups in total. The smallest absolute Gasteiger partial charge is 0.293 e. The van der Waals surface area contributed by atoms with Gasteiger partial charge in [0, 0.05) is 14.1 Å². The number of imidazole rings is 1. The molecule has 2 aromatic heterocycles. The molecule has 116 valence electrons. The normalized spacial score (nSPS) is 12.0. The maximum Gasteiger partial charge on any atom is 0.293 e. The molecular formula is C14H23N5OS. The Kier molecular flexibility index (Phi) is 4.61. The van der Waals surface area contributed by atoms with E-state index in [0.29, 0.717) is 17.0 Å². The molecule has 0 unspecified atom stereocenters. The van der Waals surface area contributed by atoms with Gasteiger partial charge in [0.1, 0.15) is 11.0 Å². The number of aromatic nitrogens is 4. The second-order valence-corrected chi connectivity index (χ2v) is 6.99. The number of fused-ring (bicyclic) bond motifs is 1. The standard InChI is InChI=1S/C14H23N5OS/c1-6-21-8-7-14(2,3)19-12(20)11-10(9-16-19)17-13(15-4)18(11)5/h9H,6-8H2,1-5H3,(H,15,17). The first-order chi connectivity index (χ1) is 9.92. The third-order valence-corrected chi connectivity index (χ3v) is 4.57. The molecule has 2 heterocycles. The zero-order valence-corrected chi connectivity index (χ0v) is 14.1. The molecule has 0 aliphatic rings. The monoisotopic (exact) mass is 309 g/mol. The lowest BCUT2D eigenvalue weighted by Gasteiger charge is -2.25. The van der Waals surface area contributed by atoms with Crippen molar-refractivity contribution in [3.8, 4) is 0 Å². The Morgan fingerprint density at radius 3 is 2.76 bits per heavy atom. The van der Waals surface area contributed by atoms with Gasteiger partial charge in [0.2, 0.25) is 5.95 Å². The predicted molar refractivity (Wildman–Crippen MR) is 89.3 cm³/mol. The molecule has 6 nitrogen and oxygen atoms in total. The van der Waals surface area contributed by atoms with Crippen LogP contribution in [0.3, 0.4) is 0 Å². The zero-order valence-electron chi connectivity index (χ0n) is 13.3. The van der Waals surface area contributed by atoms with Crippen molar-refractivity contribution in [1.29, 1.82) is 0 Å². The molecule has 0 aromatic carbocycles. The van der Waals surface area contributed by atoms with Crippen LogP contribution in [-0.2, 0) is 12.6 Å². The van der Waals surface area contributed by atoms with Crippen molar-refractivity contribution in [2.24, 2.45) is 7.05 Å². The Hall–Kier alpha value is -1.50. The highest BCUT2D eigenvalue weighted by Crippen LogP contribution is 2.21. The van der Waals surface area contributed by atoms with E-state index >= 15 is 0 Å². The van der Waals surface area contributed by atoms with Crippen LogP contribution in [0.4, 0.5) is 5.95 Å². The van der Waals surface area contributed by atoms with E-state index in [4.69, 9.17) is 0 Å². The minimum Gasteiger partial charge on any atom is -0.359 e. The number of rotatable bonds is 6. The molecule has 0 saturated heterocycles. The van der Waals surface area contributed by atoms with Gasteiger partial charge < -0.3 is 9.88 Å². The maximum absolute atomic E-state index is 12.8. The molecular weight excluding hydrogens is 286 g/mol. The van der Waals surface area contributed by atoms with Crippen LogP contribution in [0.1, 0.15) is 27.2 Å². The maximum atomic E-state index is 12.8. The SMILES string of the molecule is CCSCCC(C)(C)n1ncc2nc(NC)n(C)c2c1=O. The number of aryl methyl sites for hydroxylation is 1. The fourth-order valence-corrected chi connectivity index (χ4v) is 3.29. The average Bonchev–Trinajstić information content (AvgIpc) is 2.76. The lowest BCUT2D eigenvalue weighted by Crippen LogP contribution is -2.39. The number of anilines is 1. The van der Waals surface area contributed by atoms with Crippen LogP contribution in [0.25, 0.3) is 11.0 Å². The third kappa shape index (κ3) is 2.92. The molecule has 2 rings (SSSR count). The number of nitrogens with zero attached hydrogens (tertiary/aromatic N) is 4. The molecule has 21 heavy (non-hydrogen) atoms. The summed E-state index contributed by atoms with van der Waals surface area (Å²) in [5, 5.41) is 7.32. The van der Waals surface area contributed by atoms with Gasteiger partial charge in [-0.3, -0.25) is 4.79 Å². The van der Waals surface area contributed by atoms with Gasteiger partial charge >= 0.3 is 0 Å². The summed E-state index contributed by atoms with van der Waals surface area (Å²) in [6.07, 6.45) is 2.58. The molecule has 0 radical (unpaired) electrons. The first-order valence-corrected chi connectivity index (χ1v) is 8.28. The van der Waals surface area contributed by atoms with Crippen LogP contribution in [0.15, 0.2) is 11.0 Å². The lowest BCUT2D eigenvalue weighted by molar-refractivity contribution is 0.297. The number of nitrogens with one attached hydrogen (secondary N) is 1. The molecule has 0 atom stereocenters. The first kappa shape index (κ1) is 15.9. The number of hydrogen-bond acceptors (Lipinski definition) is 5. The third-order valence-electron chi connectivity index (χ3n) is 3.67. The highest BCUT2D eigenvalue weighted by Gasteiger charge is 2.24. The van der Waals surface area contributed by atoms with Crippen LogP contribution in [0.5, 0.6) is 0 Å². The van der Waals surface area contributed by atoms with E-state index in [1.807, 2.05) is 18.8 Å². The fourth-order valence-electron chi connectivity index (χ4n) is 2.35. The first-order valence-electron chi connectivity index (χ1n) is 7.13. The van der Waals surface area contributed by atoms with E-state index in [-0.39, 0.29) is 11.1 Å². The summed E-state index contributed by atoms with van der Waals surface area (Å²) in [5.41, 5.74) is 0.820. The van der Waals surface area contributed by atoms with Crippen LogP contribution in [0.2, 0.25) is 0 Å². The molecule has 0 amide bonds. The van der Waals surface area contributed by atoms with E-state index in [2.05, 4.69) is 36.2 Å². The van der Waals surface area contributed by atoms with Gasteiger partial charge in [-0.15, -0.1) is 0 Å². The van der Waals surface area contributed by atoms with Gasteiger partial charge in [-0.1, -0.05) is 6.92 Å². The number of hydrogen-bond donors (Lipinski definition) is 1. The summed E-state index contributed by atoms with van der Waals surface area (Å²) in [6.45, 7) is 6.25. The molecule has 2 aromatic rings. The molecule has 0 aliphatic heterocycles. The van der Waals surface area contributed by atoms with E-state index in [0.717, 1.165) is 17.9 Å². The van der Waals surface area contributed by atoms with Crippen LogP contribution in [-0.4, -0.2) is 37.9 Å². The second-order valence-electron chi connectivity index (χ2n) is 5.60. The molecule has 0 bridgehead atoms. The second kappa shape index (κ2) is 6.09.